The van der Waals surface area contributed by atoms with Gasteiger partial charge in [0.15, 0.2) is 11.0 Å². The summed E-state index contributed by atoms with van der Waals surface area (Å²) in [6.45, 7) is 7.10. The molecule has 0 bridgehead atoms. The van der Waals surface area contributed by atoms with Crippen LogP contribution in [0.25, 0.3) is 0 Å². The van der Waals surface area contributed by atoms with Crippen molar-refractivity contribution in [2.75, 3.05) is 11.1 Å². The molecule has 2 aromatic carbocycles. The number of thioether (sulfide) groups is 1. The molecule has 1 amide bonds. The van der Waals surface area contributed by atoms with Crippen LogP contribution in [0.5, 0.6) is 5.75 Å². The maximum absolute atomic E-state index is 12.2. The topological polar surface area (TPSA) is 69.0 Å². The summed E-state index contributed by atoms with van der Waals surface area (Å²) in [7, 11) is 0. The van der Waals surface area contributed by atoms with E-state index in [0.29, 0.717) is 29.0 Å². The Kier molecular flexibility index (Phi) is 7.17. The van der Waals surface area contributed by atoms with E-state index in [2.05, 4.69) is 28.5 Å². The first kappa shape index (κ1) is 21.2. The van der Waals surface area contributed by atoms with Gasteiger partial charge in [-0.3, -0.25) is 4.79 Å². The number of nitrogens with one attached hydrogen (secondary N) is 1. The van der Waals surface area contributed by atoms with Crippen LogP contribution in [0.3, 0.4) is 0 Å². The zero-order valence-electron chi connectivity index (χ0n) is 16.6. The molecule has 0 radical (unpaired) electrons. The van der Waals surface area contributed by atoms with Crippen molar-refractivity contribution in [3.05, 3.63) is 64.4 Å². The quantitative estimate of drug-likeness (QED) is 0.516. The summed E-state index contributed by atoms with van der Waals surface area (Å²) < 4.78 is 7.88. The van der Waals surface area contributed by atoms with Crippen LogP contribution in [0.15, 0.2) is 47.6 Å². The van der Waals surface area contributed by atoms with E-state index in [-0.39, 0.29) is 11.7 Å². The highest BCUT2D eigenvalue weighted by atomic mass is 35.5. The van der Waals surface area contributed by atoms with Crippen LogP contribution < -0.4 is 10.1 Å². The number of hydrogen-bond donors (Lipinski definition) is 1. The molecule has 0 aliphatic rings. The summed E-state index contributed by atoms with van der Waals surface area (Å²) in [5.41, 5.74) is 2.95. The summed E-state index contributed by atoms with van der Waals surface area (Å²) in [6, 6.07) is 13.1. The fourth-order valence-corrected chi connectivity index (χ4v) is 3.86. The molecule has 1 heterocycles. The first-order valence-corrected chi connectivity index (χ1v) is 10.6. The van der Waals surface area contributed by atoms with Gasteiger partial charge in [0.05, 0.1) is 5.75 Å². The van der Waals surface area contributed by atoms with Crippen molar-refractivity contribution in [2.45, 2.75) is 39.1 Å². The third-order valence-electron chi connectivity index (χ3n) is 4.24. The van der Waals surface area contributed by atoms with E-state index >= 15 is 0 Å². The second kappa shape index (κ2) is 9.80. The highest BCUT2D eigenvalue weighted by Crippen LogP contribution is 2.22. The maximum atomic E-state index is 12.2. The summed E-state index contributed by atoms with van der Waals surface area (Å²) in [5, 5.41) is 12.6. The highest BCUT2D eigenvalue weighted by molar-refractivity contribution is 7.99. The Balaban J connectivity index is 1.59. The van der Waals surface area contributed by atoms with E-state index in [1.807, 2.05) is 30.5 Å². The van der Waals surface area contributed by atoms with Gasteiger partial charge in [-0.05, 0) is 50.6 Å². The minimum absolute atomic E-state index is 0.129. The Hall–Kier alpha value is -2.51. The Labute approximate surface area is 179 Å². The van der Waals surface area contributed by atoms with E-state index in [1.54, 1.807) is 24.3 Å². The summed E-state index contributed by atoms with van der Waals surface area (Å²) in [6.07, 6.45) is 0. The van der Waals surface area contributed by atoms with Crippen LogP contribution >= 0.6 is 23.4 Å². The summed E-state index contributed by atoms with van der Waals surface area (Å²) >= 11 is 7.28. The Morgan fingerprint density at radius 1 is 1.21 bits per heavy atom. The monoisotopic (exact) mass is 430 g/mol. The van der Waals surface area contributed by atoms with Crippen molar-refractivity contribution < 1.29 is 9.53 Å². The maximum Gasteiger partial charge on any atom is 0.234 e. The third-order valence-corrected chi connectivity index (χ3v) is 5.44. The number of nitrogens with zero attached hydrogens (tertiary/aromatic N) is 3. The molecule has 1 aromatic heterocycles. The van der Waals surface area contributed by atoms with Gasteiger partial charge in [0, 0.05) is 17.3 Å². The summed E-state index contributed by atoms with van der Waals surface area (Å²) in [4.78, 5) is 12.2. The predicted molar refractivity (Wildman–Crippen MR) is 117 cm³/mol. The average molecular weight is 431 g/mol. The fourth-order valence-electron chi connectivity index (χ4n) is 2.85. The van der Waals surface area contributed by atoms with Crippen LogP contribution in [0.2, 0.25) is 5.02 Å². The number of halogens is 1. The molecular formula is C21H23ClN4O2S. The molecule has 3 aromatic rings. The molecule has 0 spiro atoms. The first-order chi connectivity index (χ1) is 14.0. The SMILES string of the molecule is CCn1c(COc2ccc(C)cc2C)nnc1SCC(=O)Nc1cccc(Cl)c1. The van der Waals surface area contributed by atoms with Crippen LogP contribution in [0, 0.1) is 13.8 Å². The van der Waals surface area contributed by atoms with Gasteiger partial charge in [-0.25, -0.2) is 0 Å². The number of amides is 1. The lowest BCUT2D eigenvalue weighted by molar-refractivity contribution is -0.113. The normalized spacial score (nSPS) is 10.8. The molecule has 0 saturated carbocycles. The molecule has 0 aliphatic carbocycles. The van der Waals surface area contributed by atoms with Gasteiger partial charge in [0.25, 0.3) is 0 Å². The summed E-state index contributed by atoms with van der Waals surface area (Å²) in [5.74, 6) is 1.65. The average Bonchev–Trinajstić information content (AvgIpc) is 3.07. The number of carbonyl (C=O) groups is 1. The number of aryl methyl sites for hydroxylation is 2. The fraction of sp³-hybridized carbons (Fsp3) is 0.286. The van der Waals surface area contributed by atoms with Crippen LogP contribution in [0.1, 0.15) is 23.9 Å². The van der Waals surface area contributed by atoms with E-state index in [0.717, 1.165) is 17.1 Å². The van der Waals surface area contributed by atoms with Crippen LogP contribution in [0.4, 0.5) is 5.69 Å². The number of carbonyl (C=O) groups excluding carboxylic acids is 1. The molecule has 3 rings (SSSR count). The zero-order valence-corrected chi connectivity index (χ0v) is 18.2. The standard InChI is InChI=1S/C21H23ClN4O2S/c1-4-26-19(12-28-18-9-8-14(2)10-15(18)3)24-25-21(26)29-13-20(27)23-17-7-5-6-16(22)11-17/h5-11H,4,12-13H2,1-3H3,(H,23,27). The number of benzene rings is 2. The lowest BCUT2D eigenvalue weighted by Gasteiger charge is -2.11. The van der Waals surface area contributed by atoms with E-state index in [1.165, 1.54) is 17.3 Å². The molecule has 152 valence electrons. The molecule has 0 fully saturated rings. The number of hydrogen-bond acceptors (Lipinski definition) is 5. The molecular weight excluding hydrogens is 408 g/mol. The van der Waals surface area contributed by atoms with Crippen molar-refractivity contribution in [1.82, 2.24) is 14.8 Å². The van der Waals surface area contributed by atoms with Crippen molar-refractivity contribution >= 4 is 35.0 Å². The number of anilines is 1. The number of rotatable bonds is 8. The molecule has 0 aliphatic heterocycles. The minimum atomic E-state index is -0.129. The molecule has 1 N–H and O–H groups in total. The molecule has 0 atom stereocenters. The van der Waals surface area contributed by atoms with Crippen LogP contribution in [-0.2, 0) is 17.9 Å². The second-order valence-electron chi connectivity index (χ2n) is 6.55. The van der Waals surface area contributed by atoms with Crippen molar-refractivity contribution in [3.63, 3.8) is 0 Å². The smallest absolute Gasteiger partial charge is 0.234 e. The molecule has 29 heavy (non-hydrogen) atoms. The highest BCUT2D eigenvalue weighted by Gasteiger charge is 2.14. The van der Waals surface area contributed by atoms with Crippen molar-refractivity contribution in [1.29, 1.82) is 0 Å². The lowest BCUT2D eigenvalue weighted by Crippen LogP contribution is -2.15. The number of aromatic nitrogens is 3. The lowest BCUT2D eigenvalue weighted by atomic mass is 10.1. The molecule has 0 unspecified atom stereocenters. The van der Waals surface area contributed by atoms with E-state index in [9.17, 15) is 4.79 Å². The Morgan fingerprint density at radius 2 is 2.03 bits per heavy atom. The second-order valence-corrected chi connectivity index (χ2v) is 7.93. The van der Waals surface area contributed by atoms with E-state index < -0.39 is 0 Å². The third kappa shape index (κ3) is 5.74. The molecule has 6 nitrogen and oxygen atoms in total. The van der Waals surface area contributed by atoms with Gasteiger partial charge in [-0.15, -0.1) is 10.2 Å². The van der Waals surface area contributed by atoms with Crippen molar-refractivity contribution in [3.8, 4) is 5.75 Å². The van der Waals surface area contributed by atoms with Gasteiger partial charge in [-0.2, -0.15) is 0 Å². The van der Waals surface area contributed by atoms with Crippen LogP contribution in [-0.4, -0.2) is 26.4 Å². The number of ether oxygens (including phenoxy) is 1. The van der Waals surface area contributed by atoms with Gasteiger partial charge in [-0.1, -0.05) is 47.1 Å². The molecule has 0 saturated heterocycles. The Bertz CT molecular complexity index is 1010. The minimum Gasteiger partial charge on any atom is -0.485 e. The van der Waals surface area contributed by atoms with Gasteiger partial charge in [0.2, 0.25) is 5.91 Å². The Morgan fingerprint density at radius 3 is 2.76 bits per heavy atom. The van der Waals surface area contributed by atoms with Gasteiger partial charge < -0.3 is 14.6 Å². The van der Waals surface area contributed by atoms with E-state index in [4.69, 9.17) is 16.3 Å². The largest absolute Gasteiger partial charge is 0.485 e. The predicted octanol–water partition coefficient (Wildman–Crippen LogP) is 4.88. The van der Waals surface area contributed by atoms with Gasteiger partial charge >= 0.3 is 0 Å². The van der Waals surface area contributed by atoms with Crippen molar-refractivity contribution in [2.24, 2.45) is 0 Å². The van der Waals surface area contributed by atoms with Gasteiger partial charge in [0.1, 0.15) is 12.4 Å². The first-order valence-electron chi connectivity index (χ1n) is 9.26. The molecule has 8 heteroatoms. The zero-order chi connectivity index (χ0) is 20.8.